The van der Waals surface area contributed by atoms with Gasteiger partial charge in [-0.1, -0.05) is 23.7 Å². The van der Waals surface area contributed by atoms with Gasteiger partial charge in [0.05, 0.1) is 11.1 Å². The van der Waals surface area contributed by atoms with E-state index in [9.17, 15) is 10.1 Å². The van der Waals surface area contributed by atoms with E-state index < -0.39 is 4.92 Å². The van der Waals surface area contributed by atoms with Gasteiger partial charge >= 0.3 is 0 Å². The highest BCUT2D eigenvalue weighted by molar-refractivity contribution is 6.30. The van der Waals surface area contributed by atoms with E-state index in [-0.39, 0.29) is 22.8 Å². The average Bonchev–Trinajstić information content (AvgIpc) is 3.50. The van der Waals surface area contributed by atoms with Gasteiger partial charge in [-0.15, -0.1) is 0 Å². The van der Waals surface area contributed by atoms with Crippen molar-refractivity contribution in [2.75, 3.05) is 10.7 Å². The SMILES string of the molecule is O=[N+]([O-])c1cccc(-c2ccc(C=NNc3nc4nonc4nc3Nc3ccc(Cl)cc3)o2)c1. The number of hydrogen-bond donors (Lipinski definition) is 2. The minimum atomic E-state index is -0.462. The highest BCUT2D eigenvalue weighted by atomic mass is 35.5. The van der Waals surface area contributed by atoms with Crippen molar-refractivity contribution in [1.82, 2.24) is 20.3 Å². The Morgan fingerprint density at radius 2 is 1.76 bits per heavy atom. The Balaban J connectivity index is 1.36. The van der Waals surface area contributed by atoms with Crippen LogP contribution in [0.1, 0.15) is 5.76 Å². The van der Waals surface area contributed by atoms with E-state index >= 15 is 0 Å². The molecule has 2 aromatic carbocycles. The van der Waals surface area contributed by atoms with Crippen LogP contribution < -0.4 is 10.7 Å². The summed E-state index contributed by atoms with van der Waals surface area (Å²) in [7, 11) is 0. The zero-order chi connectivity index (χ0) is 23.5. The highest BCUT2D eigenvalue weighted by Gasteiger charge is 2.13. The molecule has 0 bridgehead atoms. The van der Waals surface area contributed by atoms with Gasteiger partial charge < -0.3 is 9.73 Å². The fourth-order valence-electron chi connectivity index (χ4n) is 2.98. The topological polar surface area (TPSA) is 157 Å². The van der Waals surface area contributed by atoms with E-state index in [0.29, 0.717) is 33.6 Å². The van der Waals surface area contributed by atoms with Crippen LogP contribution in [0.15, 0.2) is 74.8 Å². The first kappa shape index (κ1) is 21.0. The van der Waals surface area contributed by atoms with Gasteiger partial charge in [0.15, 0.2) is 11.6 Å². The van der Waals surface area contributed by atoms with Gasteiger partial charge in [-0.3, -0.25) is 15.5 Å². The summed E-state index contributed by atoms with van der Waals surface area (Å²) in [4.78, 5) is 19.2. The monoisotopic (exact) mass is 476 g/mol. The second-order valence-electron chi connectivity index (χ2n) is 6.84. The van der Waals surface area contributed by atoms with Gasteiger partial charge in [0.25, 0.3) is 5.69 Å². The number of rotatable bonds is 7. The number of furan rings is 1. The van der Waals surface area contributed by atoms with Crippen molar-refractivity contribution in [3.63, 3.8) is 0 Å². The molecule has 5 aromatic rings. The minimum Gasteiger partial charge on any atom is -0.455 e. The first-order valence-electron chi connectivity index (χ1n) is 9.72. The molecule has 0 spiro atoms. The van der Waals surface area contributed by atoms with Crippen molar-refractivity contribution in [3.8, 4) is 11.3 Å². The summed E-state index contributed by atoms with van der Waals surface area (Å²) in [6.45, 7) is 0. The van der Waals surface area contributed by atoms with E-state index in [0.717, 1.165) is 0 Å². The number of hydrogen-bond acceptors (Lipinski definition) is 11. The van der Waals surface area contributed by atoms with Gasteiger partial charge in [-0.2, -0.15) is 10.1 Å². The van der Waals surface area contributed by atoms with Crippen LogP contribution in [0.5, 0.6) is 0 Å². The van der Waals surface area contributed by atoms with Crippen LogP contribution in [0.25, 0.3) is 22.6 Å². The summed E-state index contributed by atoms with van der Waals surface area (Å²) in [6.07, 6.45) is 1.43. The quantitative estimate of drug-likeness (QED) is 0.185. The smallest absolute Gasteiger partial charge is 0.270 e. The van der Waals surface area contributed by atoms with Gasteiger partial charge in [0.2, 0.25) is 11.3 Å². The second-order valence-corrected chi connectivity index (χ2v) is 7.28. The van der Waals surface area contributed by atoms with Crippen molar-refractivity contribution < 1.29 is 14.0 Å². The maximum Gasteiger partial charge on any atom is 0.270 e. The van der Waals surface area contributed by atoms with Crippen LogP contribution >= 0.6 is 11.6 Å². The number of anilines is 3. The minimum absolute atomic E-state index is 0.0252. The summed E-state index contributed by atoms with van der Waals surface area (Å²) in [5.74, 6) is 1.47. The fourth-order valence-corrected chi connectivity index (χ4v) is 3.11. The Hall–Kier alpha value is -4.84. The molecule has 0 atom stereocenters. The average molecular weight is 477 g/mol. The molecular formula is C21H13ClN8O4. The molecule has 0 radical (unpaired) electrons. The van der Waals surface area contributed by atoms with Gasteiger partial charge in [0.1, 0.15) is 11.5 Å². The molecule has 3 heterocycles. The fraction of sp³-hybridized carbons (Fsp3) is 0. The number of aromatic nitrogens is 4. The van der Waals surface area contributed by atoms with E-state index in [4.69, 9.17) is 16.0 Å². The number of nitrogens with zero attached hydrogens (tertiary/aromatic N) is 6. The first-order chi connectivity index (χ1) is 16.5. The van der Waals surface area contributed by atoms with Gasteiger partial charge in [-0.25, -0.2) is 9.61 Å². The molecule has 0 amide bonds. The Morgan fingerprint density at radius 3 is 2.53 bits per heavy atom. The van der Waals surface area contributed by atoms with Crippen LogP contribution in [-0.4, -0.2) is 31.4 Å². The Labute approximate surface area is 195 Å². The Bertz CT molecular complexity index is 1510. The molecule has 0 aliphatic rings. The third-order valence-electron chi connectivity index (χ3n) is 4.55. The molecule has 5 rings (SSSR count). The van der Waals surface area contributed by atoms with Crippen molar-refractivity contribution in [1.29, 1.82) is 0 Å². The van der Waals surface area contributed by atoms with Gasteiger partial charge in [0, 0.05) is 28.4 Å². The maximum absolute atomic E-state index is 11.0. The van der Waals surface area contributed by atoms with Crippen LogP contribution in [-0.2, 0) is 0 Å². The molecule has 13 heteroatoms. The predicted molar refractivity (Wildman–Crippen MR) is 124 cm³/mol. The zero-order valence-corrected chi connectivity index (χ0v) is 17.8. The van der Waals surface area contributed by atoms with Gasteiger partial charge in [-0.05, 0) is 46.7 Å². The van der Waals surface area contributed by atoms with Crippen LogP contribution in [0, 0.1) is 10.1 Å². The highest BCUT2D eigenvalue weighted by Crippen LogP contribution is 2.26. The first-order valence-corrected chi connectivity index (χ1v) is 10.1. The number of nitro groups is 1. The molecule has 34 heavy (non-hydrogen) atoms. The number of halogens is 1. The lowest BCUT2D eigenvalue weighted by molar-refractivity contribution is -0.384. The Morgan fingerprint density at radius 1 is 1.00 bits per heavy atom. The van der Waals surface area contributed by atoms with Crippen molar-refractivity contribution in [2.24, 2.45) is 5.10 Å². The van der Waals surface area contributed by atoms with Crippen molar-refractivity contribution in [2.45, 2.75) is 0 Å². The van der Waals surface area contributed by atoms with E-state index in [1.54, 1.807) is 48.5 Å². The van der Waals surface area contributed by atoms with E-state index in [1.807, 2.05) is 0 Å². The second kappa shape index (κ2) is 8.96. The number of hydrazone groups is 1. The summed E-state index contributed by atoms with van der Waals surface area (Å²) < 4.78 is 10.4. The zero-order valence-electron chi connectivity index (χ0n) is 17.0. The normalized spacial score (nSPS) is 11.2. The third-order valence-corrected chi connectivity index (χ3v) is 4.80. The summed E-state index contributed by atoms with van der Waals surface area (Å²) in [5.41, 5.74) is 4.48. The van der Waals surface area contributed by atoms with Crippen molar-refractivity contribution in [3.05, 3.63) is 81.6 Å². The third kappa shape index (κ3) is 4.52. The largest absolute Gasteiger partial charge is 0.455 e. The maximum atomic E-state index is 11.0. The lowest BCUT2D eigenvalue weighted by Crippen LogP contribution is -2.03. The van der Waals surface area contributed by atoms with Crippen LogP contribution in [0.4, 0.5) is 23.0 Å². The lowest BCUT2D eigenvalue weighted by Gasteiger charge is -2.09. The Kier molecular flexibility index (Phi) is 5.54. The summed E-state index contributed by atoms with van der Waals surface area (Å²) >= 11 is 5.94. The molecule has 0 saturated carbocycles. The predicted octanol–water partition coefficient (Wildman–Crippen LogP) is 5.02. The molecule has 3 aromatic heterocycles. The van der Waals surface area contributed by atoms with E-state index in [1.165, 1.54) is 18.3 Å². The molecule has 0 unspecified atom stereocenters. The van der Waals surface area contributed by atoms with E-state index in [2.05, 4.69) is 40.8 Å². The molecule has 168 valence electrons. The molecular weight excluding hydrogens is 464 g/mol. The summed E-state index contributed by atoms with van der Waals surface area (Å²) in [6, 6.07) is 16.6. The number of nitro benzene ring substituents is 1. The number of benzene rings is 2. The molecule has 0 fully saturated rings. The molecule has 0 aliphatic heterocycles. The molecule has 12 nitrogen and oxygen atoms in total. The van der Waals surface area contributed by atoms with Crippen LogP contribution in [0.2, 0.25) is 5.02 Å². The molecule has 2 N–H and O–H groups in total. The number of non-ortho nitro benzene ring substituents is 1. The number of fused-ring (bicyclic) bond motifs is 1. The number of nitrogens with one attached hydrogen (secondary N) is 2. The molecule has 0 saturated heterocycles. The molecule has 0 aliphatic carbocycles. The lowest BCUT2D eigenvalue weighted by atomic mass is 10.1. The van der Waals surface area contributed by atoms with Crippen molar-refractivity contribution >= 4 is 52.1 Å². The summed E-state index contributed by atoms with van der Waals surface area (Å²) in [5, 5.41) is 26.3. The van der Waals surface area contributed by atoms with Crippen LogP contribution in [0.3, 0.4) is 0 Å². The standard InChI is InChI=1S/C21H13ClN8O4/c22-13-4-6-14(7-5-13)24-18-19(26-21-20(25-18)28-34-29-21)27-23-11-16-8-9-17(33-16)12-2-1-3-15(10-12)30(31)32/h1-11H,(H,24,25,28)(H,26,27,29).